The minimum absolute atomic E-state index is 0.180. The Kier molecular flexibility index (Phi) is 6.17. The Bertz CT molecular complexity index is 333. The van der Waals surface area contributed by atoms with Crippen LogP contribution >= 0.6 is 23.4 Å². The van der Waals surface area contributed by atoms with E-state index in [-0.39, 0.29) is 10.8 Å². The molecule has 0 bridgehead atoms. The average molecular weight is 262 g/mol. The molecule has 4 heteroatoms. The van der Waals surface area contributed by atoms with Gasteiger partial charge >= 0.3 is 0 Å². The van der Waals surface area contributed by atoms with Crippen molar-refractivity contribution in [2.24, 2.45) is 0 Å². The van der Waals surface area contributed by atoms with E-state index >= 15 is 0 Å². The molecule has 0 aromatic heterocycles. The zero-order valence-corrected chi connectivity index (χ0v) is 11.2. The molecule has 0 heterocycles. The molecule has 0 aliphatic heterocycles. The van der Waals surface area contributed by atoms with Gasteiger partial charge in [0.2, 0.25) is 0 Å². The van der Waals surface area contributed by atoms with E-state index in [0.29, 0.717) is 12.6 Å². The molecule has 0 aliphatic carbocycles. The van der Waals surface area contributed by atoms with Crippen molar-refractivity contribution >= 4 is 23.4 Å². The highest BCUT2D eigenvalue weighted by atomic mass is 35.5. The molecule has 0 amide bonds. The summed E-state index contributed by atoms with van der Waals surface area (Å²) in [4.78, 5) is 0. The van der Waals surface area contributed by atoms with Gasteiger partial charge in [0.05, 0.1) is 5.02 Å². The van der Waals surface area contributed by atoms with Crippen LogP contribution in [0.5, 0.6) is 0 Å². The first-order valence-electron chi connectivity index (χ1n) is 5.33. The largest absolute Gasteiger partial charge is 0.309 e. The van der Waals surface area contributed by atoms with Crippen molar-refractivity contribution in [1.29, 1.82) is 0 Å². The fraction of sp³-hybridized carbons (Fsp3) is 0.500. The number of hydrogen-bond acceptors (Lipinski definition) is 2. The van der Waals surface area contributed by atoms with Crippen molar-refractivity contribution in [3.05, 3.63) is 34.6 Å². The first-order chi connectivity index (χ1) is 7.67. The molecule has 0 radical (unpaired) electrons. The molecule has 90 valence electrons. The van der Waals surface area contributed by atoms with Gasteiger partial charge in [0, 0.05) is 18.3 Å². The Balaban J connectivity index is 2.50. The average Bonchev–Trinajstić information content (AvgIpc) is 2.28. The monoisotopic (exact) mass is 261 g/mol. The smallest absolute Gasteiger partial charge is 0.142 e. The van der Waals surface area contributed by atoms with Gasteiger partial charge in [0.1, 0.15) is 5.82 Å². The molecule has 0 saturated carbocycles. The summed E-state index contributed by atoms with van der Waals surface area (Å²) in [7, 11) is 0. The third-order valence-electron chi connectivity index (χ3n) is 2.44. The summed E-state index contributed by atoms with van der Waals surface area (Å²) < 4.78 is 13.2. The second-order valence-corrected chi connectivity index (χ2v) is 5.01. The van der Waals surface area contributed by atoms with Crippen LogP contribution in [-0.2, 0) is 6.54 Å². The lowest BCUT2D eigenvalue weighted by Crippen LogP contribution is -2.30. The molecule has 1 unspecified atom stereocenters. The number of rotatable bonds is 6. The maximum Gasteiger partial charge on any atom is 0.142 e. The third-order valence-corrected chi connectivity index (χ3v) is 3.48. The zero-order chi connectivity index (χ0) is 12.0. The van der Waals surface area contributed by atoms with Crippen molar-refractivity contribution in [2.75, 3.05) is 12.0 Å². The lowest BCUT2D eigenvalue weighted by molar-refractivity contribution is 0.539. The predicted octanol–water partition coefficient (Wildman–Crippen LogP) is 3.71. The molecule has 1 aromatic rings. The van der Waals surface area contributed by atoms with Crippen LogP contribution in [0.15, 0.2) is 18.2 Å². The highest BCUT2D eigenvalue weighted by Crippen LogP contribution is 2.15. The Morgan fingerprint density at radius 1 is 1.50 bits per heavy atom. The van der Waals surface area contributed by atoms with E-state index in [4.69, 9.17) is 11.6 Å². The Hall–Kier alpha value is -0.250. The van der Waals surface area contributed by atoms with E-state index in [1.54, 1.807) is 6.07 Å². The topological polar surface area (TPSA) is 12.0 Å². The molecule has 0 fully saturated rings. The first kappa shape index (κ1) is 13.8. The normalized spacial score (nSPS) is 12.8. The maximum atomic E-state index is 13.2. The second kappa shape index (κ2) is 7.15. The summed E-state index contributed by atoms with van der Waals surface area (Å²) in [5.41, 5.74) is 0.932. The minimum atomic E-state index is -0.348. The van der Waals surface area contributed by atoms with Crippen molar-refractivity contribution < 1.29 is 4.39 Å². The van der Waals surface area contributed by atoms with Crippen LogP contribution < -0.4 is 5.32 Å². The van der Waals surface area contributed by atoms with Gasteiger partial charge < -0.3 is 5.32 Å². The van der Waals surface area contributed by atoms with E-state index in [0.717, 1.165) is 17.7 Å². The van der Waals surface area contributed by atoms with Crippen LogP contribution in [0.2, 0.25) is 5.02 Å². The molecular weight excluding hydrogens is 245 g/mol. The van der Waals surface area contributed by atoms with Gasteiger partial charge in [-0.2, -0.15) is 11.8 Å². The van der Waals surface area contributed by atoms with E-state index in [2.05, 4.69) is 18.5 Å². The van der Waals surface area contributed by atoms with Gasteiger partial charge in [0.15, 0.2) is 0 Å². The highest BCUT2D eigenvalue weighted by Gasteiger charge is 2.05. The van der Waals surface area contributed by atoms with Crippen LogP contribution in [-0.4, -0.2) is 18.1 Å². The fourth-order valence-electron chi connectivity index (χ4n) is 1.43. The van der Waals surface area contributed by atoms with Gasteiger partial charge in [-0.25, -0.2) is 4.39 Å². The second-order valence-electron chi connectivity index (χ2n) is 3.69. The van der Waals surface area contributed by atoms with Gasteiger partial charge in [-0.3, -0.25) is 0 Å². The summed E-state index contributed by atoms with van der Waals surface area (Å²) in [6, 6.07) is 5.42. The molecule has 1 atom stereocenters. The number of thioether (sulfide) groups is 1. The quantitative estimate of drug-likeness (QED) is 0.838. The number of benzene rings is 1. The lowest BCUT2D eigenvalue weighted by Gasteiger charge is -2.15. The molecule has 1 nitrogen and oxygen atoms in total. The standard InChI is InChI=1S/C12H17ClFNS/c1-3-10(8-16-2)15-7-9-4-5-11(13)12(14)6-9/h4-6,10,15H,3,7-8H2,1-2H3. The summed E-state index contributed by atoms with van der Waals surface area (Å²) in [6.45, 7) is 2.84. The summed E-state index contributed by atoms with van der Waals surface area (Å²) in [6.07, 6.45) is 3.17. The summed E-state index contributed by atoms with van der Waals surface area (Å²) in [5.74, 6) is 0.728. The zero-order valence-electron chi connectivity index (χ0n) is 9.59. The third kappa shape index (κ3) is 4.32. The molecule has 1 N–H and O–H groups in total. The number of halogens is 2. The minimum Gasteiger partial charge on any atom is -0.309 e. The molecule has 0 spiro atoms. The van der Waals surface area contributed by atoms with Crippen LogP contribution in [0.4, 0.5) is 4.39 Å². The molecular formula is C12H17ClFNS. The Morgan fingerprint density at radius 2 is 2.25 bits per heavy atom. The van der Waals surface area contributed by atoms with Crippen LogP contribution in [0, 0.1) is 5.82 Å². The number of hydrogen-bond donors (Lipinski definition) is 1. The van der Waals surface area contributed by atoms with Crippen molar-refractivity contribution in [2.45, 2.75) is 25.9 Å². The van der Waals surface area contributed by atoms with Crippen molar-refractivity contribution in [1.82, 2.24) is 5.32 Å². The van der Waals surface area contributed by atoms with Crippen LogP contribution in [0.25, 0.3) is 0 Å². The van der Waals surface area contributed by atoms with Gasteiger partial charge in [-0.05, 0) is 30.4 Å². The molecule has 0 aliphatic rings. The number of nitrogens with one attached hydrogen (secondary N) is 1. The maximum absolute atomic E-state index is 13.2. The summed E-state index contributed by atoms with van der Waals surface area (Å²) in [5, 5.41) is 3.58. The summed E-state index contributed by atoms with van der Waals surface area (Å²) >= 11 is 7.44. The van der Waals surface area contributed by atoms with E-state index < -0.39 is 0 Å². The van der Waals surface area contributed by atoms with Gasteiger partial charge in [-0.15, -0.1) is 0 Å². The first-order valence-corrected chi connectivity index (χ1v) is 7.10. The lowest BCUT2D eigenvalue weighted by atomic mass is 10.2. The predicted molar refractivity (Wildman–Crippen MR) is 70.7 cm³/mol. The van der Waals surface area contributed by atoms with E-state index in [9.17, 15) is 4.39 Å². The molecule has 1 aromatic carbocycles. The fourth-order valence-corrected chi connectivity index (χ4v) is 2.31. The van der Waals surface area contributed by atoms with Crippen LogP contribution in [0.3, 0.4) is 0 Å². The van der Waals surface area contributed by atoms with Gasteiger partial charge in [0.25, 0.3) is 0 Å². The SMILES string of the molecule is CCC(CSC)NCc1ccc(Cl)c(F)c1. The van der Waals surface area contributed by atoms with Gasteiger partial charge in [-0.1, -0.05) is 24.6 Å². The highest BCUT2D eigenvalue weighted by molar-refractivity contribution is 7.98. The van der Waals surface area contributed by atoms with Crippen molar-refractivity contribution in [3.8, 4) is 0 Å². The molecule has 1 rings (SSSR count). The van der Waals surface area contributed by atoms with E-state index in [1.165, 1.54) is 6.07 Å². The van der Waals surface area contributed by atoms with E-state index in [1.807, 2.05) is 17.8 Å². The Morgan fingerprint density at radius 3 is 2.81 bits per heavy atom. The van der Waals surface area contributed by atoms with Crippen molar-refractivity contribution in [3.63, 3.8) is 0 Å². The Labute approximate surface area is 106 Å². The molecule has 0 saturated heterocycles. The molecule has 16 heavy (non-hydrogen) atoms. The van der Waals surface area contributed by atoms with Crippen LogP contribution in [0.1, 0.15) is 18.9 Å².